The van der Waals surface area contributed by atoms with Crippen LogP contribution in [0.4, 0.5) is 0 Å². The molecule has 0 unspecified atom stereocenters. The number of likely N-dealkylation sites (tertiary alicyclic amines) is 1. The van der Waals surface area contributed by atoms with E-state index in [1.807, 2.05) is 0 Å². The van der Waals surface area contributed by atoms with Crippen molar-refractivity contribution >= 4 is 5.97 Å². The lowest BCUT2D eigenvalue weighted by Crippen LogP contribution is -2.50. The van der Waals surface area contributed by atoms with E-state index in [1.165, 1.54) is 51.6 Å². The third-order valence-corrected chi connectivity index (χ3v) is 6.56. The number of esters is 1. The molecular formula is C18H29NO2. The minimum Gasteiger partial charge on any atom is -0.464 e. The Morgan fingerprint density at radius 3 is 2.10 bits per heavy atom. The summed E-state index contributed by atoms with van der Waals surface area (Å²) in [5.41, 5.74) is -0.0728. The number of carbonyl (C=O) groups excluding carboxylic acids is 1. The molecule has 0 amide bonds. The van der Waals surface area contributed by atoms with Gasteiger partial charge in [-0.3, -0.25) is 9.69 Å². The molecule has 5 rings (SSSR count). The molecule has 0 spiro atoms. The molecule has 4 saturated carbocycles. The molecule has 0 aromatic carbocycles. The highest BCUT2D eigenvalue weighted by Gasteiger charge is 2.55. The molecule has 4 bridgehead atoms. The van der Waals surface area contributed by atoms with Gasteiger partial charge >= 0.3 is 5.97 Å². The Morgan fingerprint density at radius 2 is 1.52 bits per heavy atom. The van der Waals surface area contributed by atoms with Crippen molar-refractivity contribution in [1.29, 1.82) is 0 Å². The Bertz CT molecular complexity index is 365. The second-order valence-corrected chi connectivity index (χ2v) is 8.24. The van der Waals surface area contributed by atoms with Crippen molar-refractivity contribution in [2.45, 2.75) is 57.8 Å². The van der Waals surface area contributed by atoms with Crippen LogP contribution in [0, 0.1) is 23.2 Å². The molecule has 1 heterocycles. The lowest BCUT2D eigenvalue weighted by molar-refractivity contribution is -0.172. The first-order valence-electron chi connectivity index (χ1n) is 9.13. The molecule has 3 nitrogen and oxygen atoms in total. The van der Waals surface area contributed by atoms with Gasteiger partial charge in [0.15, 0.2) is 0 Å². The average molecular weight is 291 g/mol. The van der Waals surface area contributed by atoms with E-state index in [1.54, 1.807) is 0 Å². The van der Waals surface area contributed by atoms with Crippen molar-refractivity contribution in [3.8, 4) is 0 Å². The topological polar surface area (TPSA) is 29.5 Å². The Kier molecular flexibility index (Phi) is 3.72. The molecule has 118 valence electrons. The highest BCUT2D eigenvalue weighted by Crippen LogP contribution is 2.60. The molecule has 5 fully saturated rings. The molecule has 0 aromatic heterocycles. The van der Waals surface area contributed by atoms with Crippen LogP contribution in [0.2, 0.25) is 0 Å². The van der Waals surface area contributed by atoms with E-state index >= 15 is 0 Å². The van der Waals surface area contributed by atoms with E-state index in [2.05, 4.69) is 4.90 Å². The normalized spacial score (nSPS) is 42.2. The summed E-state index contributed by atoms with van der Waals surface area (Å²) in [5.74, 6) is 2.63. The van der Waals surface area contributed by atoms with Crippen LogP contribution in [0.1, 0.15) is 57.8 Å². The van der Waals surface area contributed by atoms with Gasteiger partial charge in [0.1, 0.15) is 6.61 Å². The predicted octanol–water partition coefficient (Wildman–Crippen LogP) is 3.23. The Morgan fingerprint density at radius 1 is 0.952 bits per heavy atom. The second kappa shape index (κ2) is 5.57. The summed E-state index contributed by atoms with van der Waals surface area (Å²) < 4.78 is 5.75. The minimum atomic E-state index is -0.0728. The van der Waals surface area contributed by atoms with Crippen LogP contribution in [0.3, 0.4) is 0 Å². The van der Waals surface area contributed by atoms with Crippen LogP contribution in [0.5, 0.6) is 0 Å². The van der Waals surface area contributed by atoms with Crippen LogP contribution < -0.4 is 0 Å². The fourth-order valence-electron chi connectivity index (χ4n) is 5.96. The van der Waals surface area contributed by atoms with Gasteiger partial charge in [-0.15, -0.1) is 0 Å². The van der Waals surface area contributed by atoms with Gasteiger partial charge in [0.2, 0.25) is 0 Å². The summed E-state index contributed by atoms with van der Waals surface area (Å²) in [6.07, 6.45) is 11.5. The quantitative estimate of drug-likeness (QED) is 0.745. The zero-order chi connectivity index (χ0) is 14.3. The fourth-order valence-corrected chi connectivity index (χ4v) is 5.96. The number of ether oxygens (including phenoxy) is 1. The Labute approximate surface area is 128 Å². The van der Waals surface area contributed by atoms with E-state index in [0.29, 0.717) is 6.61 Å². The van der Waals surface area contributed by atoms with Crippen molar-refractivity contribution < 1.29 is 9.53 Å². The van der Waals surface area contributed by atoms with Crippen LogP contribution >= 0.6 is 0 Å². The number of hydrogen-bond donors (Lipinski definition) is 0. The summed E-state index contributed by atoms with van der Waals surface area (Å²) >= 11 is 0. The van der Waals surface area contributed by atoms with Crippen molar-refractivity contribution in [2.24, 2.45) is 23.2 Å². The van der Waals surface area contributed by atoms with E-state index < -0.39 is 0 Å². The zero-order valence-electron chi connectivity index (χ0n) is 13.2. The fraction of sp³-hybridized carbons (Fsp3) is 0.944. The monoisotopic (exact) mass is 291 g/mol. The summed E-state index contributed by atoms with van der Waals surface area (Å²) in [4.78, 5) is 15.2. The lowest BCUT2D eigenvalue weighted by atomic mass is 9.49. The number of rotatable bonds is 4. The largest absolute Gasteiger partial charge is 0.464 e. The number of carbonyl (C=O) groups is 1. The van der Waals surface area contributed by atoms with E-state index in [-0.39, 0.29) is 11.4 Å². The van der Waals surface area contributed by atoms with E-state index in [4.69, 9.17) is 4.74 Å². The first-order valence-corrected chi connectivity index (χ1v) is 9.13. The maximum Gasteiger partial charge on any atom is 0.312 e. The second-order valence-electron chi connectivity index (χ2n) is 8.24. The molecule has 0 radical (unpaired) electrons. The van der Waals surface area contributed by atoms with Crippen molar-refractivity contribution in [1.82, 2.24) is 4.90 Å². The minimum absolute atomic E-state index is 0.0728. The molecule has 0 aromatic rings. The first kappa shape index (κ1) is 14.0. The van der Waals surface area contributed by atoms with Crippen LogP contribution in [-0.2, 0) is 9.53 Å². The molecule has 21 heavy (non-hydrogen) atoms. The van der Waals surface area contributed by atoms with E-state index in [0.717, 1.165) is 43.6 Å². The highest BCUT2D eigenvalue weighted by molar-refractivity contribution is 5.77. The molecule has 0 atom stereocenters. The van der Waals surface area contributed by atoms with Crippen molar-refractivity contribution in [3.63, 3.8) is 0 Å². The molecule has 4 aliphatic carbocycles. The number of nitrogens with zero attached hydrogens (tertiary/aromatic N) is 1. The zero-order valence-corrected chi connectivity index (χ0v) is 13.2. The van der Waals surface area contributed by atoms with Gasteiger partial charge in [-0.25, -0.2) is 0 Å². The van der Waals surface area contributed by atoms with Gasteiger partial charge in [0, 0.05) is 6.54 Å². The van der Waals surface area contributed by atoms with Crippen molar-refractivity contribution in [3.05, 3.63) is 0 Å². The molecule has 5 aliphatic rings. The third-order valence-electron chi connectivity index (χ3n) is 6.56. The standard InChI is InChI=1S/C18H29NO2/c20-17(21-7-6-19-4-2-1-3-5-19)18-11-14-8-15(12-18)10-16(9-14)13-18/h14-16H,1-13H2. The maximum atomic E-state index is 12.7. The smallest absolute Gasteiger partial charge is 0.312 e. The molecule has 3 heteroatoms. The maximum absolute atomic E-state index is 12.7. The van der Waals surface area contributed by atoms with Gasteiger partial charge in [-0.2, -0.15) is 0 Å². The summed E-state index contributed by atoms with van der Waals surface area (Å²) in [6.45, 7) is 3.93. The molecule has 1 saturated heterocycles. The van der Waals surface area contributed by atoms with Gasteiger partial charge in [-0.05, 0) is 82.2 Å². The van der Waals surface area contributed by atoms with Gasteiger partial charge in [0.05, 0.1) is 5.41 Å². The van der Waals surface area contributed by atoms with Gasteiger partial charge in [-0.1, -0.05) is 6.42 Å². The molecular weight excluding hydrogens is 262 g/mol. The highest BCUT2D eigenvalue weighted by atomic mass is 16.5. The van der Waals surface area contributed by atoms with E-state index in [9.17, 15) is 4.79 Å². The predicted molar refractivity (Wildman–Crippen MR) is 81.9 cm³/mol. The summed E-state index contributed by atoms with van der Waals surface area (Å²) in [5, 5.41) is 0. The Hall–Kier alpha value is -0.570. The summed E-state index contributed by atoms with van der Waals surface area (Å²) in [7, 11) is 0. The van der Waals surface area contributed by atoms with Crippen LogP contribution in [0.25, 0.3) is 0 Å². The number of hydrogen-bond acceptors (Lipinski definition) is 3. The van der Waals surface area contributed by atoms with Crippen molar-refractivity contribution in [2.75, 3.05) is 26.2 Å². The average Bonchev–Trinajstić information content (AvgIpc) is 2.47. The van der Waals surface area contributed by atoms with Gasteiger partial charge in [0.25, 0.3) is 0 Å². The lowest BCUT2D eigenvalue weighted by Gasteiger charge is -2.55. The summed E-state index contributed by atoms with van der Waals surface area (Å²) in [6, 6.07) is 0. The molecule has 1 aliphatic heterocycles. The molecule has 0 N–H and O–H groups in total. The Balaban J connectivity index is 1.30. The van der Waals surface area contributed by atoms with Crippen LogP contribution in [0.15, 0.2) is 0 Å². The van der Waals surface area contributed by atoms with Gasteiger partial charge < -0.3 is 4.74 Å². The first-order chi connectivity index (χ1) is 10.2. The van der Waals surface area contributed by atoms with Crippen LogP contribution in [-0.4, -0.2) is 37.1 Å². The SMILES string of the molecule is O=C(OCCN1CCCCC1)C12CC3CC(CC(C3)C1)C2. The third kappa shape index (κ3) is 2.74. The number of piperidine rings is 1.